The third-order valence-electron chi connectivity index (χ3n) is 1.71. The summed E-state index contributed by atoms with van der Waals surface area (Å²) in [6, 6.07) is 1.66. The molecule has 1 aromatic rings. The molecule has 0 aliphatic carbocycles. The molecule has 0 unspecified atom stereocenters. The normalized spacial score (nSPS) is 10.0. The molecule has 0 atom stereocenters. The second-order valence-electron chi connectivity index (χ2n) is 3.43. The summed E-state index contributed by atoms with van der Waals surface area (Å²) < 4.78 is 5.40. The first kappa shape index (κ1) is 12.2. The fraction of sp³-hybridized carbons (Fsp3) is 0.500. The maximum atomic E-state index is 11.0. The van der Waals surface area contributed by atoms with E-state index in [1.807, 2.05) is 13.8 Å². The Balaban J connectivity index is 2.56. The fourth-order valence-electron chi connectivity index (χ4n) is 1.00. The molecular formula is C10H16N4O2. The van der Waals surface area contributed by atoms with Crippen LogP contribution >= 0.6 is 0 Å². The van der Waals surface area contributed by atoms with E-state index >= 15 is 0 Å². The number of carbonyl (C=O) groups is 1. The number of nitrogens with zero attached hydrogens (tertiary/aromatic N) is 2. The summed E-state index contributed by atoms with van der Waals surface area (Å²) in [5, 5.41) is 5.37. The van der Waals surface area contributed by atoms with Crippen molar-refractivity contribution >= 4 is 11.7 Å². The number of amides is 1. The maximum absolute atomic E-state index is 11.0. The molecule has 0 fully saturated rings. The number of hydrogen-bond donors (Lipinski definition) is 2. The number of nitrogens with one attached hydrogen (secondary N) is 2. The summed E-state index contributed by atoms with van der Waals surface area (Å²) in [5.41, 5.74) is 0. The molecule has 0 bridgehead atoms. The molecule has 6 heteroatoms. The molecule has 6 nitrogen and oxygen atoms in total. The standard InChI is InChI=1S/C10H16N4O2/c1-7(2)16-10-4-8(13-6-14-10)12-5-9(15)11-3/h4,6-7H,5H2,1-3H3,(H,11,15)(H,12,13,14). The molecular weight excluding hydrogens is 208 g/mol. The van der Waals surface area contributed by atoms with Gasteiger partial charge in [0.1, 0.15) is 12.1 Å². The van der Waals surface area contributed by atoms with E-state index in [2.05, 4.69) is 20.6 Å². The first-order valence-corrected chi connectivity index (χ1v) is 5.05. The molecule has 0 aliphatic rings. The second kappa shape index (κ2) is 5.89. The molecule has 2 N–H and O–H groups in total. The number of ether oxygens (including phenoxy) is 1. The summed E-state index contributed by atoms with van der Waals surface area (Å²) in [7, 11) is 1.58. The van der Waals surface area contributed by atoms with E-state index in [1.54, 1.807) is 13.1 Å². The molecule has 16 heavy (non-hydrogen) atoms. The zero-order chi connectivity index (χ0) is 12.0. The zero-order valence-electron chi connectivity index (χ0n) is 9.65. The van der Waals surface area contributed by atoms with Gasteiger partial charge in [0.15, 0.2) is 0 Å². The highest BCUT2D eigenvalue weighted by atomic mass is 16.5. The second-order valence-corrected chi connectivity index (χ2v) is 3.43. The van der Waals surface area contributed by atoms with E-state index in [9.17, 15) is 4.79 Å². The van der Waals surface area contributed by atoms with Gasteiger partial charge in [-0.2, -0.15) is 0 Å². The highest BCUT2D eigenvalue weighted by Crippen LogP contribution is 2.11. The summed E-state index contributed by atoms with van der Waals surface area (Å²) in [4.78, 5) is 18.9. The van der Waals surface area contributed by atoms with Gasteiger partial charge in [-0.3, -0.25) is 4.79 Å². The van der Waals surface area contributed by atoms with E-state index in [1.165, 1.54) is 6.33 Å². The Morgan fingerprint density at radius 3 is 2.88 bits per heavy atom. The van der Waals surface area contributed by atoms with Crippen LogP contribution < -0.4 is 15.4 Å². The van der Waals surface area contributed by atoms with Gasteiger partial charge in [0.25, 0.3) is 0 Å². The van der Waals surface area contributed by atoms with Crippen molar-refractivity contribution in [2.75, 3.05) is 18.9 Å². The van der Waals surface area contributed by atoms with Crippen LogP contribution in [0.15, 0.2) is 12.4 Å². The van der Waals surface area contributed by atoms with E-state index in [0.717, 1.165) is 0 Å². The Kier molecular flexibility index (Phi) is 4.50. The number of rotatable bonds is 5. The van der Waals surface area contributed by atoms with E-state index in [-0.39, 0.29) is 18.6 Å². The molecule has 0 saturated carbocycles. The lowest BCUT2D eigenvalue weighted by Crippen LogP contribution is -2.26. The van der Waals surface area contributed by atoms with Crippen molar-refractivity contribution in [1.82, 2.24) is 15.3 Å². The number of anilines is 1. The topological polar surface area (TPSA) is 76.1 Å². The largest absolute Gasteiger partial charge is 0.475 e. The van der Waals surface area contributed by atoms with Crippen LogP contribution in [0.3, 0.4) is 0 Å². The minimum atomic E-state index is -0.107. The minimum Gasteiger partial charge on any atom is -0.475 e. The van der Waals surface area contributed by atoms with Gasteiger partial charge in [0.2, 0.25) is 11.8 Å². The molecule has 0 saturated heterocycles. The molecule has 88 valence electrons. The monoisotopic (exact) mass is 224 g/mol. The van der Waals surface area contributed by atoms with Crippen molar-refractivity contribution in [3.05, 3.63) is 12.4 Å². The summed E-state index contributed by atoms with van der Waals surface area (Å²) in [5.74, 6) is 0.948. The van der Waals surface area contributed by atoms with Crippen LogP contribution in [-0.2, 0) is 4.79 Å². The average Bonchev–Trinajstić information content (AvgIpc) is 2.25. The Labute approximate surface area is 94.4 Å². The summed E-state index contributed by atoms with van der Waals surface area (Å²) in [6.07, 6.45) is 1.45. The van der Waals surface area contributed by atoms with E-state index in [0.29, 0.717) is 11.7 Å². The van der Waals surface area contributed by atoms with Gasteiger partial charge in [-0.15, -0.1) is 0 Å². The van der Waals surface area contributed by atoms with Crippen molar-refractivity contribution in [3.8, 4) is 5.88 Å². The lowest BCUT2D eigenvalue weighted by molar-refractivity contribution is -0.118. The fourth-order valence-corrected chi connectivity index (χ4v) is 1.00. The van der Waals surface area contributed by atoms with Crippen molar-refractivity contribution in [2.24, 2.45) is 0 Å². The molecule has 1 heterocycles. The van der Waals surface area contributed by atoms with Crippen LogP contribution in [0, 0.1) is 0 Å². The number of hydrogen-bond acceptors (Lipinski definition) is 5. The Bertz CT molecular complexity index is 354. The SMILES string of the molecule is CNC(=O)CNc1cc(OC(C)C)ncn1. The average molecular weight is 224 g/mol. The molecule has 1 rings (SSSR count). The van der Waals surface area contributed by atoms with Crippen LogP contribution in [0.5, 0.6) is 5.88 Å². The van der Waals surface area contributed by atoms with Crippen molar-refractivity contribution in [3.63, 3.8) is 0 Å². The third kappa shape index (κ3) is 4.12. The Hall–Kier alpha value is -1.85. The van der Waals surface area contributed by atoms with Crippen molar-refractivity contribution in [2.45, 2.75) is 20.0 Å². The molecule has 0 spiro atoms. The maximum Gasteiger partial charge on any atom is 0.239 e. The lowest BCUT2D eigenvalue weighted by Gasteiger charge is -2.09. The smallest absolute Gasteiger partial charge is 0.239 e. The quantitative estimate of drug-likeness (QED) is 0.758. The van der Waals surface area contributed by atoms with Gasteiger partial charge < -0.3 is 15.4 Å². The minimum absolute atomic E-state index is 0.0571. The molecule has 0 aliphatic heterocycles. The van der Waals surface area contributed by atoms with Gasteiger partial charge in [0.05, 0.1) is 12.6 Å². The van der Waals surface area contributed by atoms with E-state index < -0.39 is 0 Å². The highest BCUT2D eigenvalue weighted by Gasteiger charge is 2.03. The van der Waals surface area contributed by atoms with E-state index in [4.69, 9.17) is 4.74 Å². The highest BCUT2D eigenvalue weighted by molar-refractivity contribution is 5.80. The van der Waals surface area contributed by atoms with Gasteiger partial charge in [-0.1, -0.05) is 0 Å². The predicted octanol–water partition coefficient (Wildman–Crippen LogP) is 0.422. The number of likely N-dealkylation sites (N-methyl/N-ethyl adjacent to an activating group) is 1. The first-order valence-electron chi connectivity index (χ1n) is 5.05. The third-order valence-corrected chi connectivity index (χ3v) is 1.71. The van der Waals surface area contributed by atoms with Crippen LogP contribution in [0.25, 0.3) is 0 Å². The van der Waals surface area contributed by atoms with Crippen LogP contribution in [0.2, 0.25) is 0 Å². The summed E-state index contributed by atoms with van der Waals surface area (Å²) >= 11 is 0. The zero-order valence-corrected chi connectivity index (χ0v) is 9.65. The van der Waals surface area contributed by atoms with Gasteiger partial charge in [-0.25, -0.2) is 9.97 Å². The number of carbonyl (C=O) groups excluding carboxylic acids is 1. The van der Waals surface area contributed by atoms with Crippen molar-refractivity contribution in [1.29, 1.82) is 0 Å². The molecule has 1 aromatic heterocycles. The van der Waals surface area contributed by atoms with Crippen LogP contribution in [0.4, 0.5) is 5.82 Å². The summed E-state index contributed by atoms with van der Waals surface area (Å²) in [6.45, 7) is 4.01. The van der Waals surface area contributed by atoms with Crippen molar-refractivity contribution < 1.29 is 9.53 Å². The predicted molar refractivity (Wildman–Crippen MR) is 60.4 cm³/mol. The first-order chi connectivity index (χ1) is 7.61. The van der Waals surface area contributed by atoms with Gasteiger partial charge in [0, 0.05) is 13.1 Å². The van der Waals surface area contributed by atoms with Crippen LogP contribution in [-0.4, -0.2) is 35.6 Å². The Morgan fingerprint density at radius 1 is 1.50 bits per heavy atom. The lowest BCUT2D eigenvalue weighted by atomic mass is 10.4. The number of aromatic nitrogens is 2. The Morgan fingerprint density at radius 2 is 2.25 bits per heavy atom. The molecule has 1 amide bonds. The molecule has 0 aromatic carbocycles. The molecule has 0 radical (unpaired) electrons. The van der Waals surface area contributed by atoms with Crippen LogP contribution in [0.1, 0.15) is 13.8 Å². The van der Waals surface area contributed by atoms with Gasteiger partial charge in [-0.05, 0) is 13.8 Å². The van der Waals surface area contributed by atoms with Gasteiger partial charge >= 0.3 is 0 Å².